The molecule has 0 bridgehead atoms. The van der Waals surface area contributed by atoms with Gasteiger partial charge in [-0.15, -0.1) is 22.9 Å². The first-order valence-electron chi connectivity index (χ1n) is 10.3. The summed E-state index contributed by atoms with van der Waals surface area (Å²) in [5.41, 5.74) is 13.2. The average Bonchev–Trinajstić information content (AvgIpc) is 3.12. The molecule has 0 radical (unpaired) electrons. The normalized spacial score (nSPS) is 22.6. The molecule has 1 aromatic heterocycles. The van der Waals surface area contributed by atoms with Gasteiger partial charge in [-0.1, -0.05) is 6.08 Å². The molecule has 1 aliphatic carbocycles. The summed E-state index contributed by atoms with van der Waals surface area (Å²) in [6.07, 6.45) is 6.03. The Kier molecular flexibility index (Phi) is 7.16. The number of allylic oxidation sites excluding steroid dienone is 1. The largest absolute Gasteiger partial charge is 0.482 e. The number of aromatic nitrogens is 1. The van der Waals surface area contributed by atoms with E-state index in [-0.39, 0.29) is 29.2 Å². The number of carbonyl (C=O) groups excluding carboxylic acids is 1. The van der Waals surface area contributed by atoms with Gasteiger partial charge in [-0.05, 0) is 46.1 Å². The van der Waals surface area contributed by atoms with Crippen LogP contribution in [-0.4, -0.2) is 53.7 Å². The highest BCUT2D eigenvalue weighted by Gasteiger charge is 2.29. The van der Waals surface area contributed by atoms with E-state index in [0.717, 1.165) is 29.8 Å². The third-order valence-electron chi connectivity index (χ3n) is 4.90. The Labute approximate surface area is 191 Å². The van der Waals surface area contributed by atoms with Gasteiger partial charge < -0.3 is 25.8 Å². The molecule has 10 heteroatoms. The minimum absolute atomic E-state index is 0.141. The number of rotatable bonds is 4. The van der Waals surface area contributed by atoms with Gasteiger partial charge in [-0.2, -0.15) is 0 Å². The molecule has 31 heavy (non-hydrogen) atoms. The number of hydrogen-bond acceptors (Lipinski definition) is 7. The summed E-state index contributed by atoms with van der Waals surface area (Å²) < 4.78 is 10.8. The number of nitrogens with two attached hydrogens (primary N) is 2. The molecule has 2 heterocycles. The van der Waals surface area contributed by atoms with Gasteiger partial charge in [0.1, 0.15) is 22.0 Å². The maximum Gasteiger partial charge on any atom is 0.410 e. The fourth-order valence-corrected chi connectivity index (χ4v) is 4.91. The fraction of sp³-hybridized carbons (Fsp3) is 0.571. The number of hydrogen-bond donors (Lipinski definition) is 2. The van der Waals surface area contributed by atoms with Gasteiger partial charge in [-0.25, -0.2) is 9.78 Å². The highest BCUT2D eigenvalue weighted by atomic mass is 35.5. The quantitative estimate of drug-likeness (QED) is 0.300. The number of carbonyl (C=O) groups is 1. The van der Waals surface area contributed by atoms with E-state index < -0.39 is 5.60 Å². The minimum atomic E-state index is -0.548. The van der Waals surface area contributed by atoms with Gasteiger partial charge in [-0.3, -0.25) is 4.99 Å². The molecule has 1 unspecified atom stereocenters. The van der Waals surface area contributed by atoms with E-state index in [1.807, 2.05) is 32.9 Å². The molecule has 1 fully saturated rings. The molecule has 4 N–H and O–H groups in total. The van der Waals surface area contributed by atoms with Crippen LogP contribution in [0.5, 0.6) is 0 Å². The van der Waals surface area contributed by atoms with E-state index >= 15 is 0 Å². The van der Waals surface area contributed by atoms with Crippen molar-refractivity contribution in [3.63, 3.8) is 0 Å². The van der Waals surface area contributed by atoms with Gasteiger partial charge in [0.25, 0.3) is 0 Å². The standard InChI is InChI=1S/C21H30ClN5O3S/c1-21(2,3)30-20(28)27-10-6-7-12(11-27)25-17(23)15(18(24)29-4)19-26-16-13(22)8-5-9-14(16)31-19/h5,9,12-13H,6-8,10-11,24H2,1-4H3,(H2,23,25)/b18-15-/t12-,13?/m1/s1. The number of methoxy groups -OCH3 is 1. The van der Waals surface area contributed by atoms with Gasteiger partial charge >= 0.3 is 6.09 Å². The van der Waals surface area contributed by atoms with Crippen molar-refractivity contribution in [2.45, 2.75) is 57.1 Å². The predicted molar refractivity (Wildman–Crippen MR) is 125 cm³/mol. The molecule has 2 aliphatic rings. The molecule has 2 atom stereocenters. The Bertz CT molecular complexity index is 919. The maximum atomic E-state index is 12.4. The number of ether oxygens (including phenoxy) is 2. The fourth-order valence-electron chi connectivity index (χ4n) is 3.46. The molecule has 8 nitrogen and oxygen atoms in total. The average molecular weight is 468 g/mol. The van der Waals surface area contributed by atoms with Crippen molar-refractivity contribution >= 4 is 46.5 Å². The number of amidine groups is 1. The lowest BCUT2D eigenvalue weighted by atomic mass is 10.1. The Morgan fingerprint density at radius 3 is 2.77 bits per heavy atom. The molecular formula is C21H30ClN5O3S. The molecule has 0 saturated carbocycles. The van der Waals surface area contributed by atoms with Gasteiger partial charge in [0.2, 0.25) is 0 Å². The number of amides is 1. The number of thiazole rings is 1. The molecule has 0 aromatic carbocycles. The Hall–Kier alpha value is -2.26. The molecule has 1 amide bonds. The van der Waals surface area contributed by atoms with Crippen molar-refractivity contribution in [1.29, 1.82) is 0 Å². The van der Waals surface area contributed by atoms with E-state index in [9.17, 15) is 4.79 Å². The molecule has 0 spiro atoms. The number of alkyl halides is 1. The summed E-state index contributed by atoms with van der Waals surface area (Å²) in [7, 11) is 1.48. The summed E-state index contributed by atoms with van der Waals surface area (Å²) in [6, 6.07) is -0.170. The summed E-state index contributed by atoms with van der Waals surface area (Å²) in [4.78, 5) is 24.4. The van der Waals surface area contributed by atoms with Crippen molar-refractivity contribution in [3.8, 4) is 0 Å². The first-order chi connectivity index (χ1) is 14.6. The molecule has 1 aliphatic heterocycles. The van der Waals surface area contributed by atoms with Crippen molar-refractivity contribution in [3.05, 3.63) is 27.5 Å². The van der Waals surface area contributed by atoms with Gasteiger partial charge in [0, 0.05) is 13.1 Å². The number of piperidine rings is 1. The van der Waals surface area contributed by atoms with E-state index in [1.54, 1.807) is 4.90 Å². The second kappa shape index (κ2) is 9.48. The number of likely N-dealkylation sites (tertiary alicyclic amines) is 1. The highest BCUT2D eigenvalue weighted by Crippen LogP contribution is 2.38. The summed E-state index contributed by atoms with van der Waals surface area (Å²) in [5, 5.41) is 0.427. The van der Waals surface area contributed by atoms with E-state index in [0.29, 0.717) is 23.7 Å². The summed E-state index contributed by atoms with van der Waals surface area (Å²) >= 11 is 7.86. The maximum absolute atomic E-state index is 12.4. The smallest absolute Gasteiger partial charge is 0.410 e. The number of aliphatic imine (C=N–C) groups is 1. The molecule has 1 saturated heterocycles. The lowest BCUT2D eigenvalue weighted by molar-refractivity contribution is 0.0201. The van der Waals surface area contributed by atoms with Crippen LogP contribution in [0.25, 0.3) is 11.6 Å². The Morgan fingerprint density at radius 1 is 1.39 bits per heavy atom. The second-order valence-corrected chi connectivity index (χ2v) is 10.1. The van der Waals surface area contributed by atoms with Gasteiger partial charge in [0.05, 0.1) is 29.1 Å². The zero-order valence-corrected chi connectivity index (χ0v) is 19.9. The molecular weight excluding hydrogens is 438 g/mol. The molecule has 3 rings (SSSR count). The van der Waals surface area contributed by atoms with Crippen molar-refractivity contribution < 1.29 is 14.3 Å². The van der Waals surface area contributed by atoms with Gasteiger partial charge in [0.15, 0.2) is 5.88 Å². The van der Waals surface area contributed by atoms with Crippen LogP contribution in [0.15, 0.2) is 17.0 Å². The van der Waals surface area contributed by atoms with E-state index in [1.165, 1.54) is 18.4 Å². The third-order valence-corrected chi connectivity index (χ3v) is 6.33. The first kappa shape index (κ1) is 23.4. The minimum Gasteiger partial charge on any atom is -0.482 e. The van der Waals surface area contributed by atoms with Crippen molar-refractivity contribution in [1.82, 2.24) is 9.88 Å². The topological polar surface area (TPSA) is 116 Å². The summed E-state index contributed by atoms with van der Waals surface area (Å²) in [6.45, 7) is 6.60. The first-order valence-corrected chi connectivity index (χ1v) is 11.5. The lowest BCUT2D eigenvalue weighted by Gasteiger charge is -2.32. The predicted octanol–water partition coefficient (Wildman–Crippen LogP) is 3.87. The van der Waals surface area contributed by atoms with Crippen LogP contribution in [0.4, 0.5) is 4.79 Å². The van der Waals surface area contributed by atoms with Crippen LogP contribution >= 0.6 is 22.9 Å². The van der Waals surface area contributed by atoms with E-state index in [2.05, 4.69) is 9.98 Å². The van der Waals surface area contributed by atoms with Crippen LogP contribution in [0.3, 0.4) is 0 Å². The van der Waals surface area contributed by atoms with Crippen LogP contribution in [-0.2, 0) is 9.47 Å². The lowest BCUT2D eigenvalue weighted by Crippen LogP contribution is -2.44. The van der Waals surface area contributed by atoms with Crippen molar-refractivity contribution in [2.24, 2.45) is 16.5 Å². The Morgan fingerprint density at radius 2 is 2.13 bits per heavy atom. The number of halogens is 1. The monoisotopic (exact) mass is 467 g/mol. The second-order valence-electron chi connectivity index (χ2n) is 8.55. The van der Waals surface area contributed by atoms with Crippen LogP contribution in [0.1, 0.15) is 61.0 Å². The zero-order valence-electron chi connectivity index (χ0n) is 18.4. The highest BCUT2D eigenvalue weighted by molar-refractivity contribution is 7.14. The van der Waals surface area contributed by atoms with Crippen molar-refractivity contribution in [2.75, 3.05) is 20.2 Å². The number of fused-ring (bicyclic) bond motifs is 1. The molecule has 1 aromatic rings. The number of nitrogens with zero attached hydrogens (tertiary/aromatic N) is 3. The SMILES string of the molecule is CO/C(N)=C(/C(N)=N[C@@H]1CCCN(C(=O)OC(C)(C)C)C1)c1nc2c(s1)C=CCC2Cl. The molecule has 170 valence electrons. The van der Waals surface area contributed by atoms with E-state index in [4.69, 9.17) is 32.5 Å². The third kappa shape index (κ3) is 5.71. The summed E-state index contributed by atoms with van der Waals surface area (Å²) in [5.74, 6) is 0.374. The Balaban J connectivity index is 1.83. The van der Waals surface area contributed by atoms with Crippen LogP contribution in [0.2, 0.25) is 0 Å². The van der Waals surface area contributed by atoms with Crippen LogP contribution < -0.4 is 11.5 Å². The zero-order chi connectivity index (χ0) is 22.8. The van der Waals surface area contributed by atoms with Crippen LogP contribution in [0, 0.1) is 0 Å².